The molecule has 0 atom stereocenters. The number of rotatable bonds is 5. The number of aromatic nitrogens is 1. The lowest BCUT2D eigenvalue weighted by atomic mass is 10.2. The van der Waals surface area contributed by atoms with Crippen molar-refractivity contribution < 1.29 is 9.66 Å². The fraction of sp³-hybridized carbons (Fsp3) is 0.154. The third-order valence-corrected chi connectivity index (χ3v) is 3.22. The van der Waals surface area contributed by atoms with Gasteiger partial charge < -0.3 is 14.9 Å². The Labute approximate surface area is 114 Å². The lowest BCUT2D eigenvalue weighted by molar-refractivity contribution is -0.390. The predicted molar refractivity (Wildman–Crippen MR) is 73.4 cm³/mol. The van der Waals surface area contributed by atoms with E-state index in [1.54, 1.807) is 23.9 Å². The highest BCUT2D eigenvalue weighted by molar-refractivity contribution is 7.98. The number of ether oxygens (including phenoxy) is 1. The van der Waals surface area contributed by atoms with E-state index in [0.29, 0.717) is 0 Å². The van der Waals surface area contributed by atoms with Gasteiger partial charge in [0.15, 0.2) is 0 Å². The van der Waals surface area contributed by atoms with Crippen molar-refractivity contribution in [2.24, 2.45) is 0 Å². The third-order valence-electron chi connectivity index (χ3n) is 2.48. The fourth-order valence-corrected chi connectivity index (χ4v) is 1.92. The molecule has 0 bridgehead atoms. The predicted octanol–water partition coefficient (Wildman–Crippen LogP) is 3.29. The Morgan fingerprint density at radius 1 is 1.32 bits per heavy atom. The first kappa shape index (κ1) is 13.4. The van der Waals surface area contributed by atoms with Gasteiger partial charge in [0.2, 0.25) is 5.75 Å². The summed E-state index contributed by atoms with van der Waals surface area (Å²) < 4.78 is 5.45. The van der Waals surface area contributed by atoms with Crippen LogP contribution in [0.5, 0.6) is 5.75 Å². The lowest BCUT2D eigenvalue weighted by Crippen LogP contribution is -2.00. The van der Waals surface area contributed by atoms with Crippen LogP contribution in [0.1, 0.15) is 5.56 Å². The summed E-state index contributed by atoms with van der Waals surface area (Å²) in [6.45, 7) is 0.279. The maximum atomic E-state index is 10.8. The maximum absolute atomic E-state index is 10.8. The number of nitro groups is 1. The molecule has 0 unspecified atom stereocenters. The van der Waals surface area contributed by atoms with Crippen molar-refractivity contribution in [2.75, 3.05) is 6.26 Å². The van der Waals surface area contributed by atoms with Crippen LogP contribution in [0.4, 0.5) is 5.82 Å². The van der Waals surface area contributed by atoms with E-state index in [4.69, 9.17) is 4.74 Å². The number of hydrogen-bond acceptors (Lipinski definition) is 5. The molecular formula is C13H12N2O3S. The molecule has 0 spiro atoms. The van der Waals surface area contributed by atoms with E-state index in [1.807, 2.05) is 30.5 Å². The molecule has 0 aliphatic carbocycles. The number of hydrogen-bond donors (Lipinski definition) is 0. The van der Waals surface area contributed by atoms with Gasteiger partial charge in [-0.1, -0.05) is 12.1 Å². The Morgan fingerprint density at radius 2 is 2.05 bits per heavy atom. The normalized spacial score (nSPS) is 10.2. The SMILES string of the molecule is CSc1ccc(COc2cccnc2[N+](=O)[O-])cc1. The van der Waals surface area contributed by atoms with E-state index in [9.17, 15) is 10.1 Å². The molecule has 1 aromatic heterocycles. The molecule has 0 N–H and O–H groups in total. The molecule has 6 heteroatoms. The van der Waals surface area contributed by atoms with Gasteiger partial charge >= 0.3 is 5.82 Å². The van der Waals surface area contributed by atoms with Crippen molar-refractivity contribution >= 4 is 17.6 Å². The molecule has 0 saturated heterocycles. The van der Waals surface area contributed by atoms with Crippen LogP contribution >= 0.6 is 11.8 Å². The van der Waals surface area contributed by atoms with Crippen LogP contribution in [0.3, 0.4) is 0 Å². The number of nitrogens with zero attached hydrogens (tertiary/aromatic N) is 2. The molecular weight excluding hydrogens is 264 g/mol. The Kier molecular flexibility index (Phi) is 4.35. The molecule has 1 heterocycles. The topological polar surface area (TPSA) is 65.3 Å². The largest absolute Gasteiger partial charge is 0.481 e. The molecule has 5 nitrogen and oxygen atoms in total. The summed E-state index contributed by atoms with van der Waals surface area (Å²) in [6, 6.07) is 11.0. The van der Waals surface area contributed by atoms with Gasteiger partial charge in [-0.15, -0.1) is 11.8 Å². The Bertz CT molecular complexity index is 572. The van der Waals surface area contributed by atoms with E-state index in [-0.39, 0.29) is 18.2 Å². The van der Waals surface area contributed by atoms with Crippen LogP contribution in [0.25, 0.3) is 0 Å². The van der Waals surface area contributed by atoms with Crippen molar-refractivity contribution in [1.82, 2.24) is 4.98 Å². The number of thioether (sulfide) groups is 1. The minimum Gasteiger partial charge on any atom is -0.481 e. The first-order chi connectivity index (χ1) is 9.20. The summed E-state index contributed by atoms with van der Waals surface area (Å²) in [6.07, 6.45) is 3.38. The molecule has 2 aromatic rings. The maximum Gasteiger partial charge on any atom is 0.406 e. The molecule has 1 aromatic carbocycles. The van der Waals surface area contributed by atoms with Gasteiger partial charge in [0.25, 0.3) is 0 Å². The highest BCUT2D eigenvalue weighted by Gasteiger charge is 2.15. The third kappa shape index (κ3) is 3.45. The van der Waals surface area contributed by atoms with Gasteiger partial charge in [-0.25, -0.2) is 0 Å². The molecule has 2 rings (SSSR count). The molecule has 98 valence electrons. The first-order valence-corrected chi connectivity index (χ1v) is 6.78. The molecule has 0 aliphatic rings. The van der Waals surface area contributed by atoms with Gasteiger partial charge in [0.05, 0.1) is 0 Å². The average Bonchev–Trinajstić information content (AvgIpc) is 2.46. The van der Waals surface area contributed by atoms with E-state index in [0.717, 1.165) is 10.5 Å². The Balaban J connectivity index is 2.07. The van der Waals surface area contributed by atoms with Crippen LogP contribution in [0, 0.1) is 10.1 Å². The molecule has 0 amide bonds. The molecule has 0 aliphatic heterocycles. The van der Waals surface area contributed by atoms with Gasteiger partial charge in [-0.3, -0.25) is 0 Å². The number of pyridine rings is 1. The van der Waals surface area contributed by atoms with Crippen LogP contribution in [-0.4, -0.2) is 16.2 Å². The minimum absolute atomic E-state index is 0.182. The second kappa shape index (κ2) is 6.19. The zero-order chi connectivity index (χ0) is 13.7. The summed E-state index contributed by atoms with van der Waals surface area (Å²) in [5.74, 6) is -0.0790. The summed E-state index contributed by atoms with van der Waals surface area (Å²) >= 11 is 1.66. The Morgan fingerprint density at radius 3 is 2.68 bits per heavy atom. The summed E-state index contributed by atoms with van der Waals surface area (Å²) in [4.78, 5) is 15.1. The zero-order valence-corrected chi connectivity index (χ0v) is 11.1. The van der Waals surface area contributed by atoms with Gasteiger partial charge in [0, 0.05) is 4.90 Å². The van der Waals surface area contributed by atoms with Crippen molar-refractivity contribution in [3.05, 3.63) is 58.3 Å². The molecule has 0 radical (unpaired) electrons. The second-order valence-corrected chi connectivity index (χ2v) is 4.60. The quantitative estimate of drug-likeness (QED) is 0.476. The lowest BCUT2D eigenvalue weighted by Gasteiger charge is -2.06. The van der Waals surface area contributed by atoms with Crippen LogP contribution in [0.15, 0.2) is 47.5 Å². The summed E-state index contributed by atoms with van der Waals surface area (Å²) in [7, 11) is 0. The van der Waals surface area contributed by atoms with Gasteiger partial charge in [-0.2, -0.15) is 0 Å². The van der Waals surface area contributed by atoms with Gasteiger partial charge in [-0.05, 0) is 46.0 Å². The fourth-order valence-electron chi connectivity index (χ4n) is 1.51. The second-order valence-electron chi connectivity index (χ2n) is 3.72. The van der Waals surface area contributed by atoms with Crippen LogP contribution in [-0.2, 0) is 6.61 Å². The van der Waals surface area contributed by atoms with Gasteiger partial charge in [0.1, 0.15) is 12.8 Å². The highest BCUT2D eigenvalue weighted by Crippen LogP contribution is 2.24. The molecule has 19 heavy (non-hydrogen) atoms. The minimum atomic E-state index is -0.549. The van der Waals surface area contributed by atoms with Crippen molar-refractivity contribution in [3.8, 4) is 5.75 Å². The van der Waals surface area contributed by atoms with Crippen LogP contribution in [0.2, 0.25) is 0 Å². The van der Waals surface area contributed by atoms with E-state index in [1.165, 1.54) is 6.20 Å². The van der Waals surface area contributed by atoms with E-state index >= 15 is 0 Å². The standard InChI is InChI=1S/C13H12N2O3S/c1-19-11-6-4-10(5-7-11)9-18-12-3-2-8-14-13(12)15(16)17/h2-8H,9H2,1H3. The first-order valence-electron chi connectivity index (χ1n) is 5.56. The van der Waals surface area contributed by atoms with Crippen LogP contribution < -0.4 is 4.74 Å². The average molecular weight is 276 g/mol. The summed E-state index contributed by atoms with van der Waals surface area (Å²) in [5.41, 5.74) is 0.955. The number of benzene rings is 1. The molecule has 0 fully saturated rings. The van der Waals surface area contributed by atoms with E-state index in [2.05, 4.69) is 4.98 Å². The highest BCUT2D eigenvalue weighted by atomic mass is 32.2. The monoisotopic (exact) mass is 276 g/mol. The summed E-state index contributed by atoms with van der Waals surface area (Å²) in [5, 5.41) is 10.8. The van der Waals surface area contributed by atoms with E-state index < -0.39 is 4.92 Å². The zero-order valence-electron chi connectivity index (χ0n) is 10.3. The Hall–Kier alpha value is -2.08. The van der Waals surface area contributed by atoms with Crippen molar-refractivity contribution in [3.63, 3.8) is 0 Å². The van der Waals surface area contributed by atoms with Crippen molar-refractivity contribution in [2.45, 2.75) is 11.5 Å². The molecule has 0 saturated carbocycles. The van der Waals surface area contributed by atoms with Crippen molar-refractivity contribution in [1.29, 1.82) is 0 Å². The smallest absolute Gasteiger partial charge is 0.406 e.